The van der Waals surface area contributed by atoms with Crippen LogP contribution in [0.15, 0.2) is 34.9 Å². The van der Waals surface area contributed by atoms with Crippen LogP contribution in [0.5, 0.6) is 0 Å². The highest BCUT2D eigenvalue weighted by Crippen LogP contribution is 2.19. The maximum Gasteiger partial charge on any atom is 0.313 e. The van der Waals surface area contributed by atoms with Gasteiger partial charge in [0.2, 0.25) is 0 Å². The van der Waals surface area contributed by atoms with Gasteiger partial charge in [-0.3, -0.25) is 14.4 Å². The van der Waals surface area contributed by atoms with Crippen molar-refractivity contribution in [1.82, 2.24) is 0 Å². The second kappa shape index (κ2) is 7.58. The Morgan fingerprint density at radius 3 is 2.35 bits per heavy atom. The van der Waals surface area contributed by atoms with E-state index in [-0.39, 0.29) is 18.0 Å². The van der Waals surface area contributed by atoms with E-state index in [9.17, 15) is 14.4 Å². The summed E-state index contributed by atoms with van der Waals surface area (Å²) in [5.41, 5.74) is 2.47. The lowest BCUT2D eigenvalue weighted by atomic mass is 9.95. The molecule has 0 atom stereocenters. The maximum absolute atomic E-state index is 11.6. The topological polar surface area (TPSA) is 60.4 Å². The molecule has 0 aromatic rings. The Morgan fingerprint density at radius 1 is 1.20 bits per heavy atom. The molecule has 0 amide bonds. The SMILES string of the molecule is COC(=O)CC(=O)CCCC=C1C=C(C)C(=O)C(C)=C1. The van der Waals surface area contributed by atoms with Crippen LogP contribution in [-0.2, 0) is 19.1 Å². The van der Waals surface area contributed by atoms with Gasteiger partial charge in [-0.15, -0.1) is 0 Å². The van der Waals surface area contributed by atoms with Gasteiger partial charge in [0.25, 0.3) is 0 Å². The molecule has 0 saturated heterocycles. The highest BCUT2D eigenvalue weighted by Gasteiger charge is 2.12. The molecule has 0 N–H and O–H groups in total. The summed E-state index contributed by atoms with van der Waals surface area (Å²) >= 11 is 0. The smallest absolute Gasteiger partial charge is 0.313 e. The van der Waals surface area contributed by atoms with Crippen molar-refractivity contribution in [2.45, 2.75) is 39.5 Å². The summed E-state index contributed by atoms with van der Waals surface area (Å²) in [4.78, 5) is 33.9. The Kier molecular flexibility index (Phi) is 6.10. The molecule has 1 rings (SSSR count). The monoisotopic (exact) mass is 276 g/mol. The van der Waals surface area contributed by atoms with Crippen LogP contribution < -0.4 is 0 Å². The van der Waals surface area contributed by atoms with Crippen molar-refractivity contribution in [2.24, 2.45) is 0 Å². The lowest BCUT2D eigenvalue weighted by Gasteiger charge is -2.09. The van der Waals surface area contributed by atoms with Crippen molar-refractivity contribution >= 4 is 17.5 Å². The second-order valence-electron chi connectivity index (χ2n) is 4.87. The molecular weight excluding hydrogens is 256 g/mol. The fraction of sp³-hybridized carbons (Fsp3) is 0.438. The Hall–Kier alpha value is -1.97. The van der Waals surface area contributed by atoms with Crippen molar-refractivity contribution in [1.29, 1.82) is 0 Å². The molecule has 0 fully saturated rings. The summed E-state index contributed by atoms with van der Waals surface area (Å²) in [6.07, 6.45) is 7.35. The first kappa shape index (κ1) is 16.1. The van der Waals surface area contributed by atoms with Gasteiger partial charge >= 0.3 is 5.97 Å². The van der Waals surface area contributed by atoms with E-state index < -0.39 is 5.97 Å². The average Bonchev–Trinajstić information content (AvgIpc) is 2.40. The van der Waals surface area contributed by atoms with E-state index in [4.69, 9.17) is 0 Å². The zero-order valence-electron chi connectivity index (χ0n) is 12.2. The highest BCUT2D eigenvalue weighted by molar-refractivity contribution is 6.09. The lowest BCUT2D eigenvalue weighted by Crippen LogP contribution is -2.08. The predicted octanol–water partition coefficient (Wildman–Crippen LogP) is 2.69. The van der Waals surface area contributed by atoms with E-state index in [1.54, 1.807) is 13.8 Å². The molecule has 0 saturated carbocycles. The first-order valence-corrected chi connectivity index (χ1v) is 6.64. The number of Topliss-reactive ketones (excluding diaryl/α,β-unsaturated/α-hetero) is 2. The third-order valence-corrected chi connectivity index (χ3v) is 3.09. The molecular formula is C16H20O4. The number of ketones is 2. The molecule has 4 heteroatoms. The second-order valence-corrected chi connectivity index (χ2v) is 4.87. The number of hydrogen-bond acceptors (Lipinski definition) is 4. The number of methoxy groups -OCH3 is 1. The van der Waals surface area contributed by atoms with Crippen molar-refractivity contribution in [2.75, 3.05) is 7.11 Å². The summed E-state index contributed by atoms with van der Waals surface area (Å²) in [6, 6.07) is 0. The summed E-state index contributed by atoms with van der Waals surface area (Å²) in [6.45, 7) is 3.60. The van der Waals surface area contributed by atoms with Gasteiger partial charge in [0.1, 0.15) is 12.2 Å². The van der Waals surface area contributed by atoms with Crippen LogP contribution in [0.4, 0.5) is 0 Å². The quantitative estimate of drug-likeness (QED) is 0.425. The average molecular weight is 276 g/mol. The van der Waals surface area contributed by atoms with Crippen molar-refractivity contribution in [3.05, 3.63) is 34.9 Å². The van der Waals surface area contributed by atoms with Crippen LogP contribution in [0.3, 0.4) is 0 Å². The molecule has 1 aliphatic rings. The van der Waals surface area contributed by atoms with Gasteiger partial charge in [-0.25, -0.2) is 0 Å². The van der Waals surface area contributed by atoms with Crippen LogP contribution in [0.25, 0.3) is 0 Å². The molecule has 20 heavy (non-hydrogen) atoms. The number of esters is 1. The largest absolute Gasteiger partial charge is 0.469 e. The van der Waals surface area contributed by atoms with Crippen LogP contribution in [-0.4, -0.2) is 24.6 Å². The van der Waals surface area contributed by atoms with Crippen LogP contribution in [0.2, 0.25) is 0 Å². The number of rotatable bonds is 6. The maximum atomic E-state index is 11.6. The third-order valence-electron chi connectivity index (χ3n) is 3.09. The molecule has 0 aromatic heterocycles. The van der Waals surface area contributed by atoms with Gasteiger partial charge in [-0.2, -0.15) is 0 Å². The van der Waals surface area contributed by atoms with Crippen LogP contribution >= 0.6 is 0 Å². The highest BCUT2D eigenvalue weighted by atomic mass is 16.5. The zero-order valence-corrected chi connectivity index (χ0v) is 12.2. The van der Waals surface area contributed by atoms with E-state index in [0.29, 0.717) is 12.8 Å². The Morgan fingerprint density at radius 2 is 1.80 bits per heavy atom. The van der Waals surface area contributed by atoms with Gasteiger partial charge < -0.3 is 4.74 Å². The number of carbonyl (C=O) groups is 3. The van der Waals surface area contributed by atoms with E-state index in [2.05, 4.69) is 4.74 Å². The molecule has 0 radical (unpaired) electrons. The molecule has 0 spiro atoms. The van der Waals surface area contributed by atoms with Gasteiger partial charge in [0.15, 0.2) is 5.78 Å². The van der Waals surface area contributed by atoms with Gasteiger partial charge in [0, 0.05) is 6.42 Å². The summed E-state index contributed by atoms with van der Waals surface area (Å²) in [5, 5.41) is 0. The number of carbonyl (C=O) groups excluding carboxylic acids is 3. The number of hydrogen-bond donors (Lipinski definition) is 0. The zero-order chi connectivity index (χ0) is 15.1. The normalized spacial score (nSPS) is 14.6. The number of ether oxygens (including phenoxy) is 1. The Bertz CT molecular complexity index is 483. The van der Waals surface area contributed by atoms with E-state index >= 15 is 0 Å². The van der Waals surface area contributed by atoms with E-state index in [0.717, 1.165) is 23.1 Å². The van der Waals surface area contributed by atoms with Crippen molar-refractivity contribution < 1.29 is 19.1 Å². The van der Waals surface area contributed by atoms with E-state index in [1.165, 1.54) is 7.11 Å². The summed E-state index contributed by atoms with van der Waals surface area (Å²) < 4.78 is 4.44. The van der Waals surface area contributed by atoms with Gasteiger partial charge in [-0.05, 0) is 55.6 Å². The molecule has 0 heterocycles. The molecule has 1 aliphatic carbocycles. The van der Waals surface area contributed by atoms with Gasteiger partial charge in [-0.1, -0.05) is 6.08 Å². The Balaban J connectivity index is 2.41. The van der Waals surface area contributed by atoms with Gasteiger partial charge in [0.05, 0.1) is 7.11 Å². The first-order valence-electron chi connectivity index (χ1n) is 6.64. The lowest BCUT2D eigenvalue weighted by molar-refractivity contribution is -0.143. The standard InChI is InChI=1S/C16H20O4/c1-11-8-13(9-12(2)16(11)19)6-4-5-7-14(17)10-15(18)20-3/h6,8-9H,4-5,7,10H2,1-3H3. The molecule has 4 nitrogen and oxygen atoms in total. The summed E-state index contributed by atoms with van der Waals surface area (Å²) in [7, 11) is 1.27. The van der Waals surface area contributed by atoms with Crippen LogP contribution in [0.1, 0.15) is 39.5 Å². The minimum atomic E-state index is -0.490. The Labute approximate surface area is 119 Å². The molecule has 108 valence electrons. The van der Waals surface area contributed by atoms with E-state index in [1.807, 2.05) is 18.2 Å². The molecule has 0 unspecified atom stereocenters. The fourth-order valence-electron chi connectivity index (χ4n) is 1.99. The number of allylic oxidation sites excluding steroid dienone is 6. The first-order chi connectivity index (χ1) is 9.43. The fourth-order valence-corrected chi connectivity index (χ4v) is 1.99. The third kappa shape index (κ3) is 4.96. The molecule has 0 bridgehead atoms. The summed E-state index contributed by atoms with van der Waals surface area (Å²) in [5.74, 6) is -0.515. The molecule has 0 aliphatic heterocycles. The van der Waals surface area contributed by atoms with Crippen LogP contribution in [0, 0.1) is 0 Å². The molecule has 0 aromatic carbocycles. The minimum Gasteiger partial charge on any atom is -0.469 e. The van der Waals surface area contributed by atoms with Crippen molar-refractivity contribution in [3.63, 3.8) is 0 Å². The van der Waals surface area contributed by atoms with Crippen molar-refractivity contribution in [3.8, 4) is 0 Å². The number of unbranched alkanes of at least 4 members (excludes halogenated alkanes) is 1. The predicted molar refractivity (Wildman–Crippen MR) is 76.1 cm³/mol. The minimum absolute atomic E-state index is 0.0791.